The first kappa shape index (κ1) is 19.8. The summed E-state index contributed by atoms with van der Waals surface area (Å²) in [6.07, 6.45) is 0. The van der Waals surface area contributed by atoms with Crippen LogP contribution in [0.2, 0.25) is 0 Å². The Kier molecular flexibility index (Phi) is 5.18. The lowest BCUT2D eigenvalue weighted by atomic mass is 9.91. The fraction of sp³-hybridized carbons (Fsp3) is 0. The largest absolute Gasteiger partial charge is 0.0888 e. The summed E-state index contributed by atoms with van der Waals surface area (Å²) >= 11 is 1.85. The third kappa shape index (κ3) is 3.71. The van der Waals surface area contributed by atoms with Gasteiger partial charge in [-0.25, -0.2) is 0 Å². The molecule has 0 aliphatic heterocycles. The van der Waals surface area contributed by atoms with Crippen LogP contribution in [0.3, 0.4) is 0 Å². The van der Waals surface area contributed by atoms with Crippen LogP contribution in [0.1, 0.15) is 0 Å². The predicted octanol–water partition coefficient (Wildman–Crippen LogP) is 9.48. The smallest absolute Gasteiger partial charge is 0.0279 e. The van der Waals surface area contributed by atoms with Crippen molar-refractivity contribution in [1.82, 2.24) is 0 Å². The molecule has 6 rings (SSSR count). The van der Waals surface area contributed by atoms with Crippen molar-refractivity contribution in [3.63, 3.8) is 0 Å². The number of rotatable bonds is 4. The summed E-state index contributed by atoms with van der Waals surface area (Å²) in [6, 6.07) is 47.9. The number of benzene rings is 6. The van der Waals surface area contributed by atoms with Gasteiger partial charge in [-0.3, -0.25) is 0 Å². The van der Waals surface area contributed by atoms with E-state index in [-0.39, 0.29) is 0 Å². The molecule has 0 nitrogen and oxygen atoms in total. The standard InChI is InChI=1S/C32H22S/c1-3-11-23(12-4-1)24-19-21-25(22-20-24)31-27-15-7-9-17-29(27)32(30-18-10-8-16-28(30)31)33-26-13-5-2-6-14-26/h1-22H. The van der Waals surface area contributed by atoms with Crippen LogP contribution in [0.15, 0.2) is 143 Å². The normalized spacial score (nSPS) is 11.2. The molecule has 33 heavy (non-hydrogen) atoms. The minimum absolute atomic E-state index is 1.24. The molecule has 1 heteroatoms. The van der Waals surface area contributed by atoms with Gasteiger partial charge >= 0.3 is 0 Å². The molecule has 0 amide bonds. The van der Waals surface area contributed by atoms with Crippen molar-refractivity contribution in [1.29, 1.82) is 0 Å². The first-order chi connectivity index (χ1) is 16.4. The summed E-state index contributed by atoms with van der Waals surface area (Å²) in [7, 11) is 0. The molecule has 0 saturated heterocycles. The Labute approximate surface area is 198 Å². The quantitative estimate of drug-likeness (QED) is 0.247. The first-order valence-electron chi connectivity index (χ1n) is 11.2. The summed E-state index contributed by atoms with van der Waals surface area (Å²) in [5.41, 5.74) is 5.04. The minimum Gasteiger partial charge on any atom is -0.0888 e. The first-order valence-corrected chi connectivity index (χ1v) is 12.0. The Morgan fingerprint density at radius 2 is 0.758 bits per heavy atom. The molecule has 0 N–H and O–H groups in total. The highest BCUT2D eigenvalue weighted by molar-refractivity contribution is 7.99. The summed E-state index contributed by atoms with van der Waals surface area (Å²) in [4.78, 5) is 2.57. The Morgan fingerprint density at radius 3 is 1.33 bits per heavy atom. The molecule has 0 fully saturated rings. The Morgan fingerprint density at radius 1 is 0.333 bits per heavy atom. The zero-order chi connectivity index (χ0) is 22.0. The van der Waals surface area contributed by atoms with E-state index in [4.69, 9.17) is 0 Å². The van der Waals surface area contributed by atoms with Gasteiger partial charge in [0, 0.05) is 9.79 Å². The van der Waals surface area contributed by atoms with Gasteiger partial charge in [0.25, 0.3) is 0 Å². The molecule has 0 heterocycles. The van der Waals surface area contributed by atoms with Crippen LogP contribution in [-0.4, -0.2) is 0 Å². The molecule has 6 aromatic rings. The van der Waals surface area contributed by atoms with Crippen LogP contribution in [-0.2, 0) is 0 Å². The van der Waals surface area contributed by atoms with Crippen LogP contribution in [0.25, 0.3) is 43.8 Å². The van der Waals surface area contributed by atoms with Gasteiger partial charge in [0.2, 0.25) is 0 Å². The second kappa shape index (κ2) is 8.61. The third-order valence-corrected chi connectivity index (χ3v) is 7.28. The lowest BCUT2D eigenvalue weighted by Crippen LogP contribution is -1.89. The van der Waals surface area contributed by atoms with Crippen molar-refractivity contribution in [2.75, 3.05) is 0 Å². The fourth-order valence-corrected chi connectivity index (χ4v) is 5.68. The van der Waals surface area contributed by atoms with E-state index in [1.165, 1.54) is 53.6 Å². The molecular formula is C32H22S. The molecular weight excluding hydrogens is 416 g/mol. The molecule has 6 aromatic carbocycles. The van der Waals surface area contributed by atoms with Crippen molar-refractivity contribution in [2.45, 2.75) is 9.79 Å². The summed E-state index contributed by atoms with van der Waals surface area (Å²) < 4.78 is 0. The van der Waals surface area contributed by atoms with Gasteiger partial charge in [-0.2, -0.15) is 0 Å². The van der Waals surface area contributed by atoms with Crippen molar-refractivity contribution >= 4 is 33.3 Å². The van der Waals surface area contributed by atoms with Crippen LogP contribution in [0.4, 0.5) is 0 Å². The Balaban J connectivity index is 1.58. The van der Waals surface area contributed by atoms with Gasteiger partial charge < -0.3 is 0 Å². The monoisotopic (exact) mass is 438 g/mol. The zero-order valence-corrected chi connectivity index (χ0v) is 18.9. The summed E-state index contributed by atoms with van der Waals surface area (Å²) in [6.45, 7) is 0. The van der Waals surface area contributed by atoms with E-state index >= 15 is 0 Å². The Hall–Kier alpha value is -3.81. The van der Waals surface area contributed by atoms with E-state index in [0.717, 1.165) is 0 Å². The molecule has 0 spiro atoms. The molecule has 0 aliphatic rings. The number of hydrogen-bond donors (Lipinski definition) is 0. The van der Waals surface area contributed by atoms with Crippen molar-refractivity contribution < 1.29 is 0 Å². The van der Waals surface area contributed by atoms with E-state index in [9.17, 15) is 0 Å². The molecule has 0 radical (unpaired) electrons. The summed E-state index contributed by atoms with van der Waals surface area (Å²) in [5.74, 6) is 0. The van der Waals surface area contributed by atoms with E-state index in [1.54, 1.807) is 0 Å². The highest BCUT2D eigenvalue weighted by atomic mass is 32.2. The predicted molar refractivity (Wildman–Crippen MR) is 143 cm³/mol. The molecule has 0 aliphatic carbocycles. The second-order valence-corrected chi connectivity index (χ2v) is 9.24. The van der Waals surface area contributed by atoms with Crippen LogP contribution < -0.4 is 0 Å². The second-order valence-electron chi connectivity index (χ2n) is 8.15. The van der Waals surface area contributed by atoms with Gasteiger partial charge in [0.15, 0.2) is 0 Å². The molecule has 0 bridgehead atoms. The third-order valence-electron chi connectivity index (χ3n) is 6.13. The molecule has 0 saturated carbocycles. The van der Waals surface area contributed by atoms with E-state index < -0.39 is 0 Å². The van der Waals surface area contributed by atoms with E-state index in [1.807, 2.05) is 11.8 Å². The van der Waals surface area contributed by atoms with E-state index in [0.29, 0.717) is 0 Å². The zero-order valence-electron chi connectivity index (χ0n) is 18.1. The fourth-order valence-electron chi connectivity index (χ4n) is 4.58. The van der Waals surface area contributed by atoms with Crippen LogP contribution in [0.5, 0.6) is 0 Å². The maximum atomic E-state index is 2.26. The van der Waals surface area contributed by atoms with Crippen LogP contribution >= 0.6 is 11.8 Å². The lowest BCUT2D eigenvalue weighted by molar-refractivity contribution is 1.45. The number of fused-ring (bicyclic) bond motifs is 2. The SMILES string of the molecule is c1ccc(Sc2c3ccccc3c(-c3ccc(-c4ccccc4)cc3)c3ccccc23)cc1. The summed E-state index contributed by atoms with van der Waals surface area (Å²) in [5, 5.41) is 5.18. The van der Waals surface area contributed by atoms with Gasteiger partial charge in [-0.1, -0.05) is 133 Å². The molecule has 0 atom stereocenters. The minimum atomic E-state index is 1.24. The Bertz CT molecular complexity index is 1490. The molecule has 0 unspecified atom stereocenters. The maximum absolute atomic E-state index is 2.26. The van der Waals surface area contributed by atoms with Gasteiger partial charge in [-0.15, -0.1) is 0 Å². The average Bonchev–Trinajstić information content (AvgIpc) is 2.90. The van der Waals surface area contributed by atoms with Gasteiger partial charge in [-0.05, 0) is 55.9 Å². The van der Waals surface area contributed by atoms with Gasteiger partial charge in [0.1, 0.15) is 0 Å². The van der Waals surface area contributed by atoms with Crippen molar-refractivity contribution in [3.05, 3.63) is 133 Å². The molecule has 156 valence electrons. The number of hydrogen-bond acceptors (Lipinski definition) is 1. The molecule has 0 aromatic heterocycles. The topological polar surface area (TPSA) is 0 Å². The van der Waals surface area contributed by atoms with E-state index in [2.05, 4.69) is 133 Å². The maximum Gasteiger partial charge on any atom is 0.0279 e. The van der Waals surface area contributed by atoms with Gasteiger partial charge in [0.05, 0.1) is 0 Å². The average molecular weight is 439 g/mol. The highest BCUT2D eigenvalue weighted by Crippen LogP contribution is 2.45. The lowest BCUT2D eigenvalue weighted by Gasteiger charge is -2.17. The van der Waals surface area contributed by atoms with Crippen molar-refractivity contribution in [3.8, 4) is 22.3 Å². The highest BCUT2D eigenvalue weighted by Gasteiger charge is 2.16. The van der Waals surface area contributed by atoms with Crippen molar-refractivity contribution in [2.24, 2.45) is 0 Å². The van der Waals surface area contributed by atoms with Crippen LogP contribution in [0, 0.1) is 0 Å².